The molecule has 0 saturated carbocycles. The summed E-state index contributed by atoms with van der Waals surface area (Å²) in [6.07, 6.45) is 2.29. The van der Waals surface area contributed by atoms with Crippen LogP contribution in [-0.2, 0) is 0 Å². The molecule has 0 aliphatic carbocycles. The Hall–Kier alpha value is -1.23. The van der Waals surface area contributed by atoms with Crippen LogP contribution in [0.25, 0.3) is 0 Å². The van der Waals surface area contributed by atoms with Crippen LogP contribution in [-0.4, -0.2) is 22.9 Å². The molecule has 0 radical (unpaired) electrons. The summed E-state index contributed by atoms with van der Waals surface area (Å²) in [7, 11) is 0. The van der Waals surface area contributed by atoms with Crippen molar-refractivity contribution < 1.29 is 23.1 Å². The second kappa shape index (κ2) is 6.64. The molecule has 0 aromatic carbocycles. The van der Waals surface area contributed by atoms with E-state index in [4.69, 9.17) is 0 Å². The van der Waals surface area contributed by atoms with Crippen LogP contribution in [0.3, 0.4) is 0 Å². The number of unbranched alkanes of at least 4 members (excludes halogenated alkanes) is 3. The van der Waals surface area contributed by atoms with Crippen molar-refractivity contribution in [2.45, 2.75) is 51.1 Å². The molecule has 0 aliphatic rings. The first-order valence-corrected chi connectivity index (χ1v) is 6.14. The van der Waals surface area contributed by atoms with E-state index in [2.05, 4.69) is 4.42 Å². The molecule has 0 bridgehead atoms. The van der Waals surface area contributed by atoms with Crippen LogP contribution >= 0.6 is 0 Å². The minimum atomic E-state index is -3.79. The van der Waals surface area contributed by atoms with E-state index in [1.54, 1.807) is 0 Å². The molecule has 1 heterocycles. The van der Waals surface area contributed by atoms with E-state index in [0.717, 1.165) is 25.5 Å². The van der Waals surface area contributed by atoms with Crippen LogP contribution in [0, 0.1) is 0 Å². The maximum absolute atomic E-state index is 13.6. The Morgan fingerprint density at radius 3 is 2.72 bits per heavy atom. The van der Waals surface area contributed by atoms with Gasteiger partial charge in [-0.2, -0.15) is 8.78 Å². The van der Waals surface area contributed by atoms with E-state index in [-0.39, 0.29) is 6.42 Å². The van der Waals surface area contributed by atoms with Gasteiger partial charge in [-0.3, -0.25) is 4.79 Å². The largest absolute Gasteiger partial charge is 0.461 e. The zero-order valence-corrected chi connectivity index (χ0v) is 10.4. The van der Waals surface area contributed by atoms with Crippen molar-refractivity contribution in [1.29, 1.82) is 0 Å². The maximum Gasteiger partial charge on any atom is 0.338 e. The Labute approximate surface area is 105 Å². The van der Waals surface area contributed by atoms with Gasteiger partial charge in [0, 0.05) is 0 Å². The second-order valence-electron chi connectivity index (χ2n) is 4.29. The first-order chi connectivity index (χ1) is 8.50. The highest BCUT2D eigenvalue weighted by Gasteiger charge is 2.47. The summed E-state index contributed by atoms with van der Waals surface area (Å²) in [5, 5.41) is 9.43. The van der Waals surface area contributed by atoms with Crippen molar-refractivity contribution in [2.75, 3.05) is 0 Å². The summed E-state index contributed by atoms with van der Waals surface area (Å²) < 4.78 is 31.9. The quantitative estimate of drug-likeness (QED) is 0.575. The smallest absolute Gasteiger partial charge is 0.338 e. The zero-order valence-electron chi connectivity index (χ0n) is 10.4. The standard InChI is InChI=1S/C13H18F2O3/c1-2-3-4-5-8-11(16)13(14,15)12(17)10-7-6-9-18-10/h6-7,9,11,16H,2-5,8H2,1H3. The highest BCUT2D eigenvalue weighted by atomic mass is 19.3. The molecule has 0 saturated heterocycles. The summed E-state index contributed by atoms with van der Waals surface area (Å²) >= 11 is 0. The van der Waals surface area contributed by atoms with Crippen molar-refractivity contribution in [2.24, 2.45) is 0 Å². The van der Waals surface area contributed by atoms with Gasteiger partial charge in [-0.25, -0.2) is 0 Å². The molecule has 3 nitrogen and oxygen atoms in total. The highest BCUT2D eigenvalue weighted by molar-refractivity contribution is 5.99. The number of furan rings is 1. The molecule has 1 N–H and O–H groups in total. The van der Waals surface area contributed by atoms with E-state index in [1.165, 1.54) is 12.1 Å². The number of Topliss-reactive ketones (excluding diaryl/α,β-unsaturated/α-hetero) is 1. The van der Waals surface area contributed by atoms with Gasteiger partial charge in [0.05, 0.1) is 6.26 Å². The lowest BCUT2D eigenvalue weighted by atomic mass is 10.0. The average Bonchev–Trinajstić information content (AvgIpc) is 2.86. The van der Waals surface area contributed by atoms with E-state index in [9.17, 15) is 18.7 Å². The lowest BCUT2D eigenvalue weighted by Gasteiger charge is -2.20. The number of hydrogen-bond acceptors (Lipinski definition) is 3. The fourth-order valence-corrected chi connectivity index (χ4v) is 1.67. The van der Waals surface area contributed by atoms with Crippen LogP contribution in [0.5, 0.6) is 0 Å². The zero-order chi connectivity index (χ0) is 13.6. The van der Waals surface area contributed by atoms with Crippen molar-refractivity contribution in [3.05, 3.63) is 24.2 Å². The predicted molar refractivity (Wildman–Crippen MR) is 62.8 cm³/mol. The Morgan fingerprint density at radius 1 is 1.44 bits per heavy atom. The molecular formula is C13H18F2O3. The molecular weight excluding hydrogens is 242 g/mol. The Balaban J connectivity index is 2.54. The lowest BCUT2D eigenvalue weighted by Crippen LogP contribution is -2.41. The first kappa shape index (κ1) is 14.8. The van der Waals surface area contributed by atoms with Gasteiger partial charge in [0.2, 0.25) is 0 Å². The van der Waals surface area contributed by atoms with Crippen LogP contribution in [0.4, 0.5) is 8.78 Å². The summed E-state index contributed by atoms with van der Waals surface area (Å²) in [5.74, 6) is -5.67. The Bertz CT molecular complexity index is 360. The van der Waals surface area contributed by atoms with E-state index >= 15 is 0 Å². The molecule has 1 aromatic heterocycles. The number of aliphatic hydroxyl groups excluding tert-OH is 1. The fraction of sp³-hybridized carbons (Fsp3) is 0.615. The third-order valence-corrected chi connectivity index (χ3v) is 2.80. The number of carbonyl (C=O) groups excluding carboxylic acids is 1. The average molecular weight is 260 g/mol. The number of alkyl halides is 2. The minimum Gasteiger partial charge on any atom is -0.461 e. The molecule has 0 spiro atoms. The monoisotopic (exact) mass is 260 g/mol. The van der Waals surface area contributed by atoms with Gasteiger partial charge < -0.3 is 9.52 Å². The molecule has 0 amide bonds. The molecule has 1 rings (SSSR count). The van der Waals surface area contributed by atoms with Gasteiger partial charge >= 0.3 is 5.92 Å². The van der Waals surface area contributed by atoms with E-state index in [1.807, 2.05) is 6.92 Å². The number of aliphatic hydroxyl groups is 1. The van der Waals surface area contributed by atoms with Gasteiger partial charge in [-0.05, 0) is 18.6 Å². The summed E-state index contributed by atoms with van der Waals surface area (Å²) in [6, 6.07) is 2.52. The van der Waals surface area contributed by atoms with E-state index in [0.29, 0.717) is 6.42 Å². The molecule has 102 valence electrons. The SMILES string of the molecule is CCCCCCC(O)C(F)(F)C(=O)c1ccco1. The van der Waals surface area contributed by atoms with Gasteiger partial charge in [0.15, 0.2) is 5.76 Å². The molecule has 0 fully saturated rings. The second-order valence-corrected chi connectivity index (χ2v) is 4.29. The summed E-state index contributed by atoms with van der Waals surface area (Å²) in [4.78, 5) is 11.5. The topological polar surface area (TPSA) is 50.4 Å². The molecule has 0 aliphatic heterocycles. The third kappa shape index (κ3) is 3.63. The van der Waals surface area contributed by atoms with Crippen LogP contribution in [0.1, 0.15) is 49.6 Å². The molecule has 1 atom stereocenters. The highest BCUT2D eigenvalue weighted by Crippen LogP contribution is 2.27. The number of halogens is 2. The van der Waals surface area contributed by atoms with Gasteiger partial charge in [0.25, 0.3) is 5.78 Å². The minimum absolute atomic E-state index is 0.0839. The molecule has 1 unspecified atom stereocenters. The Morgan fingerprint density at radius 2 is 2.17 bits per heavy atom. The number of rotatable bonds is 8. The number of hydrogen-bond donors (Lipinski definition) is 1. The van der Waals surface area contributed by atoms with Gasteiger partial charge in [-0.15, -0.1) is 0 Å². The van der Waals surface area contributed by atoms with Crippen LogP contribution in [0.2, 0.25) is 0 Å². The number of ketones is 1. The van der Waals surface area contributed by atoms with Crippen LogP contribution < -0.4 is 0 Å². The molecule has 18 heavy (non-hydrogen) atoms. The van der Waals surface area contributed by atoms with Crippen molar-refractivity contribution in [1.82, 2.24) is 0 Å². The predicted octanol–water partition coefficient (Wildman–Crippen LogP) is 3.43. The van der Waals surface area contributed by atoms with Crippen molar-refractivity contribution in [3.8, 4) is 0 Å². The first-order valence-electron chi connectivity index (χ1n) is 6.14. The summed E-state index contributed by atoms with van der Waals surface area (Å²) in [5.41, 5.74) is 0. The molecule has 1 aromatic rings. The van der Waals surface area contributed by atoms with Crippen molar-refractivity contribution >= 4 is 5.78 Å². The third-order valence-electron chi connectivity index (χ3n) is 2.80. The van der Waals surface area contributed by atoms with E-state index < -0.39 is 23.6 Å². The van der Waals surface area contributed by atoms with Crippen LogP contribution in [0.15, 0.2) is 22.8 Å². The van der Waals surface area contributed by atoms with Gasteiger partial charge in [-0.1, -0.05) is 32.6 Å². The molecule has 5 heteroatoms. The number of carbonyl (C=O) groups is 1. The van der Waals surface area contributed by atoms with Gasteiger partial charge in [0.1, 0.15) is 6.10 Å². The fourth-order valence-electron chi connectivity index (χ4n) is 1.67. The Kier molecular flexibility index (Phi) is 5.47. The normalized spacial score (nSPS) is 13.6. The van der Waals surface area contributed by atoms with Crippen molar-refractivity contribution in [3.63, 3.8) is 0 Å². The maximum atomic E-state index is 13.6. The summed E-state index contributed by atoms with van der Waals surface area (Å²) in [6.45, 7) is 2.01. The lowest BCUT2D eigenvalue weighted by molar-refractivity contribution is -0.0818.